The van der Waals surface area contributed by atoms with E-state index in [-0.39, 0.29) is 10.6 Å². The van der Waals surface area contributed by atoms with Crippen LogP contribution in [0, 0.1) is 19.3 Å². The topological polar surface area (TPSA) is 67.2 Å². The van der Waals surface area contributed by atoms with Crippen molar-refractivity contribution in [3.05, 3.63) is 95.1 Å². The second-order valence-electron chi connectivity index (χ2n) is 6.12. The summed E-state index contributed by atoms with van der Waals surface area (Å²) in [5.74, 6) is 0.214. The molecule has 1 N–H and O–H groups in total. The molecule has 3 aromatic rings. The van der Waals surface area contributed by atoms with Crippen LogP contribution in [0.15, 0.2) is 77.7 Å². The Kier molecular flexibility index (Phi) is 4.91. The molecular formula is C21H19NO3S. The van der Waals surface area contributed by atoms with Crippen molar-refractivity contribution in [2.75, 3.05) is 0 Å². The van der Waals surface area contributed by atoms with Crippen LogP contribution in [0.3, 0.4) is 0 Å². The summed E-state index contributed by atoms with van der Waals surface area (Å²) in [6.07, 6.45) is 0. The summed E-state index contributed by atoms with van der Waals surface area (Å²) in [5, 5.41) is 8.29. The first-order valence-corrected chi connectivity index (χ1v) is 9.53. The molecule has 0 unspecified atom stereocenters. The van der Waals surface area contributed by atoms with E-state index in [9.17, 15) is 8.42 Å². The lowest BCUT2D eigenvalue weighted by atomic mass is 10.0. The highest BCUT2D eigenvalue weighted by Crippen LogP contribution is 2.21. The first kappa shape index (κ1) is 17.9. The Morgan fingerprint density at radius 1 is 0.731 bits per heavy atom. The summed E-state index contributed by atoms with van der Waals surface area (Å²) in [6, 6.07) is 20.7. The molecular weight excluding hydrogens is 346 g/mol. The van der Waals surface area contributed by atoms with E-state index in [0.29, 0.717) is 11.3 Å². The number of rotatable bonds is 5. The Hall–Kier alpha value is -2.92. The molecule has 0 aromatic heterocycles. The van der Waals surface area contributed by atoms with E-state index in [1.54, 1.807) is 36.4 Å². The van der Waals surface area contributed by atoms with Crippen molar-refractivity contribution < 1.29 is 12.6 Å². The van der Waals surface area contributed by atoms with Crippen molar-refractivity contribution in [2.24, 2.45) is 0 Å². The molecule has 0 bridgehead atoms. The molecule has 0 saturated carbocycles. The van der Waals surface area contributed by atoms with Gasteiger partial charge >= 0.3 is 10.1 Å². The molecule has 3 aromatic carbocycles. The van der Waals surface area contributed by atoms with Crippen LogP contribution in [-0.4, -0.2) is 14.1 Å². The lowest BCUT2D eigenvalue weighted by Gasteiger charge is -2.09. The quantitative estimate of drug-likeness (QED) is 0.535. The zero-order valence-electron chi connectivity index (χ0n) is 14.6. The second-order valence-corrected chi connectivity index (χ2v) is 7.66. The van der Waals surface area contributed by atoms with Crippen LogP contribution in [-0.2, 0) is 10.1 Å². The largest absolute Gasteiger partial charge is 0.379 e. The van der Waals surface area contributed by atoms with Crippen LogP contribution in [0.5, 0.6) is 5.75 Å². The third-order valence-electron chi connectivity index (χ3n) is 4.00. The summed E-state index contributed by atoms with van der Waals surface area (Å²) < 4.78 is 29.8. The van der Waals surface area contributed by atoms with Gasteiger partial charge in [-0.25, -0.2) is 0 Å². The Balaban J connectivity index is 1.78. The van der Waals surface area contributed by atoms with Gasteiger partial charge in [0.05, 0.1) is 5.71 Å². The summed E-state index contributed by atoms with van der Waals surface area (Å²) in [4.78, 5) is 0.111. The minimum Gasteiger partial charge on any atom is -0.379 e. The Morgan fingerprint density at radius 2 is 1.15 bits per heavy atom. The standard InChI is InChI=1S/C21H19NO3S/c1-15-3-7-17(8-4-15)21(22)18-9-11-19(12-10-18)25-26(23,24)20-13-5-16(2)6-14-20/h3-14,22H,1-2H3. The van der Waals surface area contributed by atoms with E-state index in [4.69, 9.17) is 9.59 Å². The molecule has 0 aliphatic rings. The molecule has 0 fully saturated rings. The van der Waals surface area contributed by atoms with Gasteiger partial charge in [-0.2, -0.15) is 8.42 Å². The molecule has 5 heteroatoms. The number of aryl methyl sites for hydroxylation is 2. The van der Waals surface area contributed by atoms with Gasteiger partial charge in [0, 0.05) is 11.1 Å². The Labute approximate surface area is 153 Å². The van der Waals surface area contributed by atoms with Crippen LogP contribution in [0.4, 0.5) is 0 Å². The Bertz CT molecular complexity index is 1020. The zero-order chi connectivity index (χ0) is 18.7. The molecule has 3 rings (SSSR count). The van der Waals surface area contributed by atoms with Gasteiger partial charge in [0.1, 0.15) is 10.6 Å². The predicted molar refractivity (Wildman–Crippen MR) is 103 cm³/mol. The van der Waals surface area contributed by atoms with Crippen molar-refractivity contribution in [3.63, 3.8) is 0 Å². The highest BCUT2D eigenvalue weighted by atomic mass is 32.2. The van der Waals surface area contributed by atoms with E-state index >= 15 is 0 Å². The minimum atomic E-state index is -3.87. The van der Waals surface area contributed by atoms with Crippen molar-refractivity contribution in [1.82, 2.24) is 0 Å². The van der Waals surface area contributed by atoms with Crippen molar-refractivity contribution in [2.45, 2.75) is 18.7 Å². The molecule has 0 amide bonds. The highest BCUT2D eigenvalue weighted by molar-refractivity contribution is 7.87. The Morgan fingerprint density at radius 3 is 1.65 bits per heavy atom. The average Bonchev–Trinajstić information content (AvgIpc) is 2.62. The number of nitrogens with one attached hydrogen (secondary N) is 1. The van der Waals surface area contributed by atoms with Gasteiger partial charge in [-0.15, -0.1) is 0 Å². The number of hydrogen-bond acceptors (Lipinski definition) is 4. The van der Waals surface area contributed by atoms with Gasteiger partial charge < -0.3 is 4.18 Å². The van der Waals surface area contributed by atoms with Crippen molar-refractivity contribution >= 4 is 15.8 Å². The summed E-state index contributed by atoms with van der Waals surface area (Å²) in [5.41, 5.74) is 3.97. The maximum absolute atomic E-state index is 12.3. The monoisotopic (exact) mass is 365 g/mol. The fourth-order valence-corrected chi connectivity index (χ4v) is 3.37. The van der Waals surface area contributed by atoms with Gasteiger partial charge in [0.15, 0.2) is 0 Å². The molecule has 26 heavy (non-hydrogen) atoms. The summed E-state index contributed by atoms with van der Waals surface area (Å²) in [6.45, 7) is 3.88. The fraction of sp³-hybridized carbons (Fsp3) is 0.0952. The van der Waals surface area contributed by atoms with Gasteiger partial charge in [-0.05, 0) is 50.2 Å². The molecule has 0 aliphatic carbocycles. The smallest absolute Gasteiger partial charge is 0.339 e. The van der Waals surface area contributed by atoms with E-state index in [1.807, 2.05) is 38.1 Å². The minimum absolute atomic E-state index is 0.111. The summed E-state index contributed by atoms with van der Waals surface area (Å²) in [7, 11) is -3.87. The SMILES string of the molecule is Cc1ccc(C(=N)c2ccc(OS(=O)(=O)c3ccc(C)cc3)cc2)cc1. The lowest BCUT2D eigenvalue weighted by molar-refractivity contribution is 0.486. The van der Waals surface area contributed by atoms with Crippen molar-refractivity contribution in [3.8, 4) is 5.75 Å². The van der Waals surface area contributed by atoms with Crippen LogP contribution in [0.1, 0.15) is 22.3 Å². The maximum atomic E-state index is 12.3. The van der Waals surface area contributed by atoms with Crippen LogP contribution >= 0.6 is 0 Å². The maximum Gasteiger partial charge on any atom is 0.339 e. The van der Waals surface area contributed by atoms with Gasteiger partial charge in [-0.3, -0.25) is 5.41 Å². The molecule has 4 nitrogen and oxygen atoms in total. The van der Waals surface area contributed by atoms with Gasteiger partial charge in [0.2, 0.25) is 0 Å². The van der Waals surface area contributed by atoms with Crippen LogP contribution in [0.2, 0.25) is 0 Å². The summed E-state index contributed by atoms with van der Waals surface area (Å²) >= 11 is 0. The predicted octanol–water partition coefficient (Wildman–Crippen LogP) is 4.49. The third-order valence-corrected chi connectivity index (χ3v) is 5.26. The highest BCUT2D eigenvalue weighted by Gasteiger charge is 2.16. The first-order valence-electron chi connectivity index (χ1n) is 8.12. The zero-order valence-corrected chi connectivity index (χ0v) is 15.4. The molecule has 0 heterocycles. The van der Waals surface area contributed by atoms with Gasteiger partial charge in [0.25, 0.3) is 0 Å². The molecule has 132 valence electrons. The second kappa shape index (κ2) is 7.14. The van der Waals surface area contributed by atoms with Gasteiger partial charge in [-0.1, -0.05) is 47.5 Å². The van der Waals surface area contributed by atoms with Crippen LogP contribution < -0.4 is 4.18 Å². The fourth-order valence-electron chi connectivity index (χ4n) is 2.44. The van der Waals surface area contributed by atoms with Crippen molar-refractivity contribution in [1.29, 1.82) is 5.41 Å². The third kappa shape index (κ3) is 4.00. The first-order chi connectivity index (χ1) is 12.3. The molecule has 0 saturated heterocycles. The average molecular weight is 365 g/mol. The van der Waals surface area contributed by atoms with Crippen LogP contribution in [0.25, 0.3) is 0 Å². The van der Waals surface area contributed by atoms with E-state index in [1.165, 1.54) is 12.1 Å². The number of benzene rings is 3. The molecule has 0 spiro atoms. The number of hydrogen-bond donors (Lipinski definition) is 1. The lowest BCUT2D eigenvalue weighted by Crippen LogP contribution is -2.10. The molecule has 0 radical (unpaired) electrons. The normalized spacial score (nSPS) is 11.2. The molecule has 0 aliphatic heterocycles. The van der Waals surface area contributed by atoms with E-state index in [0.717, 1.165) is 16.7 Å². The van der Waals surface area contributed by atoms with E-state index in [2.05, 4.69) is 0 Å². The molecule has 0 atom stereocenters. The van der Waals surface area contributed by atoms with E-state index < -0.39 is 10.1 Å².